The highest BCUT2D eigenvalue weighted by atomic mass is 35.5. The normalized spacial score (nSPS) is 17.2. The van der Waals surface area contributed by atoms with E-state index in [1.807, 2.05) is 24.3 Å². The maximum Gasteiger partial charge on any atom is 0.333 e. The van der Waals surface area contributed by atoms with Gasteiger partial charge in [-0.25, -0.2) is 18.6 Å². The molecule has 0 atom stereocenters. The quantitative estimate of drug-likeness (QED) is 0.340. The molecule has 3 heterocycles. The van der Waals surface area contributed by atoms with E-state index >= 15 is 0 Å². The van der Waals surface area contributed by atoms with Gasteiger partial charge in [-0.2, -0.15) is 0 Å². The zero-order chi connectivity index (χ0) is 28.4. The number of alkyl halides is 2. The second-order valence-electron chi connectivity index (χ2n) is 9.78. The van der Waals surface area contributed by atoms with Crippen molar-refractivity contribution in [3.05, 3.63) is 87.3 Å². The first-order valence-electron chi connectivity index (χ1n) is 12.9. The number of imidazole rings is 1. The van der Waals surface area contributed by atoms with Crippen LogP contribution in [-0.4, -0.2) is 44.0 Å². The Balaban J connectivity index is 1.30. The average molecular weight is 569 g/mol. The van der Waals surface area contributed by atoms with Crippen LogP contribution in [0.15, 0.2) is 59.7 Å². The maximum atomic E-state index is 13.6. The third kappa shape index (κ3) is 5.46. The molecule has 0 aliphatic heterocycles. The summed E-state index contributed by atoms with van der Waals surface area (Å²) in [5.41, 5.74) is 1.30. The number of fused-ring (bicyclic) bond motifs is 1. The van der Waals surface area contributed by atoms with Gasteiger partial charge in [0.1, 0.15) is 11.4 Å². The third-order valence-corrected chi connectivity index (χ3v) is 7.47. The van der Waals surface area contributed by atoms with Crippen LogP contribution >= 0.6 is 11.6 Å². The fraction of sp³-hybridized carbons (Fsp3) is 0.321. The molecule has 4 aromatic rings. The summed E-state index contributed by atoms with van der Waals surface area (Å²) in [6, 6.07) is 11.8. The first-order valence-corrected chi connectivity index (χ1v) is 13.3. The molecule has 0 bridgehead atoms. The Morgan fingerprint density at radius 2 is 1.75 bits per heavy atom. The van der Waals surface area contributed by atoms with Crippen LogP contribution in [0.25, 0.3) is 16.7 Å². The summed E-state index contributed by atoms with van der Waals surface area (Å²) < 4.78 is 30.0. The van der Waals surface area contributed by atoms with Crippen LogP contribution in [0.1, 0.15) is 58.6 Å². The van der Waals surface area contributed by atoms with E-state index in [0.717, 1.165) is 30.1 Å². The molecule has 1 saturated carbocycles. The third-order valence-electron chi connectivity index (χ3n) is 7.26. The maximum absolute atomic E-state index is 13.6. The number of hydrogen-bond acceptors (Lipinski definition) is 5. The number of benzene rings is 1. The van der Waals surface area contributed by atoms with E-state index in [-0.39, 0.29) is 39.8 Å². The first-order chi connectivity index (χ1) is 19.3. The van der Waals surface area contributed by atoms with Crippen molar-refractivity contribution < 1.29 is 18.4 Å². The van der Waals surface area contributed by atoms with Crippen LogP contribution < -0.4 is 16.3 Å². The van der Waals surface area contributed by atoms with Crippen LogP contribution in [0, 0.1) is 5.92 Å². The summed E-state index contributed by atoms with van der Waals surface area (Å²) in [4.78, 5) is 46.0. The van der Waals surface area contributed by atoms with E-state index in [0.29, 0.717) is 25.1 Å². The van der Waals surface area contributed by atoms with Crippen molar-refractivity contribution in [2.24, 2.45) is 5.92 Å². The Hall–Kier alpha value is -4.12. The Bertz CT molecular complexity index is 1610. The Kier molecular flexibility index (Phi) is 7.92. The summed E-state index contributed by atoms with van der Waals surface area (Å²) in [6.07, 6.45) is 2.49. The first kappa shape index (κ1) is 27.4. The van der Waals surface area contributed by atoms with Gasteiger partial charge in [0.05, 0.1) is 33.5 Å². The number of halogens is 3. The highest BCUT2D eigenvalue weighted by molar-refractivity contribution is 6.30. The summed E-state index contributed by atoms with van der Waals surface area (Å²) in [5, 5.41) is 5.48. The lowest BCUT2D eigenvalue weighted by Crippen LogP contribution is -2.39. The zero-order valence-electron chi connectivity index (χ0n) is 21.6. The standard InChI is InChI=1S/C28H27ClF2N6O3/c1-32-27(39)21-11-10-19(14-33-21)37-23-5-3-2-4-22(23)36(28(37)40)15-16-6-8-18(9-7-16)35-26(38)20-12-17(29)13-34-24(20)25(30)31/h2-5,10-14,16,18,25H,6-9,15H2,1H3,(H,32,39)(H,35,38). The number of para-hydroxylation sites is 2. The lowest BCUT2D eigenvalue weighted by Gasteiger charge is -2.29. The Labute approximate surface area is 233 Å². The van der Waals surface area contributed by atoms with Gasteiger partial charge in [-0.15, -0.1) is 0 Å². The highest BCUT2D eigenvalue weighted by Gasteiger charge is 2.27. The SMILES string of the molecule is CNC(=O)c1ccc(-n2c(=O)n(CC3CCC(NC(=O)c4cc(Cl)cnc4C(F)F)CC3)c3ccccc32)cn1. The minimum absolute atomic E-state index is 0.112. The van der Waals surface area contributed by atoms with Crippen molar-refractivity contribution in [2.45, 2.75) is 44.7 Å². The molecule has 1 aromatic carbocycles. The second-order valence-corrected chi connectivity index (χ2v) is 10.2. The minimum atomic E-state index is -2.89. The Morgan fingerprint density at radius 3 is 2.40 bits per heavy atom. The molecule has 3 aromatic heterocycles. The molecular formula is C28H27ClF2N6O3. The molecule has 2 amide bonds. The van der Waals surface area contributed by atoms with Gasteiger partial charge in [0.25, 0.3) is 18.2 Å². The van der Waals surface area contributed by atoms with Crippen LogP contribution in [0.5, 0.6) is 0 Å². The van der Waals surface area contributed by atoms with Crippen LogP contribution in [0.2, 0.25) is 5.02 Å². The van der Waals surface area contributed by atoms with E-state index in [9.17, 15) is 23.2 Å². The van der Waals surface area contributed by atoms with Crippen molar-refractivity contribution in [1.82, 2.24) is 29.7 Å². The van der Waals surface area contributed by atoms with Gasteiger partial charge in [-0.1, -0.05) is 23.7 Å². The fourth-order valence-corrected chi connectivity index (χ4v) is 5.39. The molecule has 0 spiro atoms. The van der Waals surface area contributed by atoms with Crippen molar-refractivity contribution in [3.63, 3.8) is 0 Å². The van der Waals surface area contributed by atoms with Crippen molar-refractivity contribution in [1.29, 1.82) is 0 Å². The molecule has 1 fully saturated rings. The van der Waals surface area contributed by atoms with Gasteiger partial charge < -0.3 is 10.6 Å². The van der Waals surface area contributed by atoms with E-state index < -0.39 is 18.0 Å². The number of rotatable bonds is 7. The number of nitrogens with one attached hydrogen (secondary N) is 2. The Morgan fingerprint density at radius 1 is 1.02 bits per heavy atom. The second kappa shape index (κ2) is 11.5. The highest BCUT2D eigenvalue weighted by Crippen LogP contribution is 2.29. The lowest BCUT2D eigenvalue weighted by molar-refractivity contribution is 0.0903. The molecule has 5 rings (SSSR count). The fourth-order valence-electron chi connectivity index (χ4n) is 5.23. The number of hydrogen-bond donors (Lipinski definition) is 2. The van der Waals surface area contributed by atoms with Gasteiger partial charge >= 0.3 is 5.69 Å². The molecule has 1 aliphatic carbocycles. The van der Waals surface area contributed by atoms with Crippen molar-refractivity contribution >= 4 is 34.4 Å². The molecular weight excluding hydrogens is 542 g/mol. The predicted octanol–water partition coefficient (Wildman–Crippen LogP) is 4.52. The summed E-state index contributed by atoms with van der Waals surface area (Å²) in [6.45, 7) is 0.491. The van der Waals surface area contributed by atoms with E-state index in [2.05, 4.69) is 20.6 Å². The summed E-state index contributed by atoms with van der Waals surface area (Å²) >= 11 is 5.89. The molecule has 1 aliphatic rings. The van der Waals surface area contributed by atoms with E-state index in [1.54, 1.807) is 21.3 Å². The molecule has 12 heteroatoms. The lowest BCUT2D eigenvalue weighted by atomic mass is 9.85. The predicted molar refractivity (Wildman–Crippen MR) is 146 cm³/mol. The number of pyridine rings is 2. The van der Waals surface area contributed by atoms with Crippen LogP contribution in [0.4, 0.5) is 8.78 Å². The van der Waals surface area contributed by atoms with Crippen molar-refractivity contribution in [3.8, 4) is 5.69 Å². The molecule has 40 heavy (non-hydrogen) atoms. The summed E-state index contributed by atoms with van der Waals surface area (Å²) in [5.74, 6) is -0.751. The molecule has 0 unspecified atom stereocenters. The van der Waals surface area contributed by atoms with Gasteiger partial charge in [0.2, 0.25) is 0 Å². The molecule has 2 N–H and O–H groups in total. The smallest absolute Gasteiger partial charge is 0.333 e. The van der Waals surface area contributed by atoms with Crippen molar-refractivity contribution in [2.75, 3.05) is 7.05 Å². The van der Waals surface area contributed by atoms with Crippen LogP contribution in [-0.2, 0) is 6.54 Å². The van der Waals surface area contributed by atoms with Crippen LogP contribution in [0.3, 0.4) is 0 Å². The molecule has 208 valence electrons. The number of amides is 2. The topological polar surface area (TPSA) is 111 Å². The largest absolute Gasteiger partial charge is 0.354 e. The molecule has 9 nitrogen and oxygen atoms in total. The number of aromatic nitrogens is 4. The average Bonchev–Trinajstić information content (AvgIpc) is 3.24. The van der Waals surface area contributed by atoms with E-state index in [1.165, 1.54) is 19.3 Å². The van der Waals surface area contributed by atoms with E-state index in [4.69, 9.17) is 11.6 Å². The van der Waals surface area contributed by atoms with Gasteiger partial charge in [-0.05, 0) is 61.9 Å². The minimum Gasteiger partial charge on any atom is -0.354 e. The number of carbonyl (C=O) groups is 2. The molecule has 0 radical (unpaired) electrons. The number of carbonyl (C=O) groups excluding carboxylic acids is 2. The molecule has 0 saturated heterocycles. The van der Waals surface area contributed by atoms with Gasteiger partial charge in [0, 0.05) is 25.8 Å². The summed E-state index contributed by atoms with van der Waals surface area (Å²) in [7, 11) is 1.53. The zero-order valence-corrected chi connectivity index (χ0v) is 22.4. The monoisotopic (exact) mass is 568 g/mol. The van der Waals surface area contributed by atoms with Gasteiger partial charge in [-0.3, -0.25) is 23.7 Å². The van der Waals surface area contributed by atoms with Gasteiger partial charge in [0.15, 0.2) is 0 Å². The number of nitrogens with zero attached hydrogens (tertiary/aromatic N) is 4.